The minimum Gasteiger partial charge on any atom is -0.240 e. The second kappa shape index (κ2) is 9.13. The molecule has 0 aliphatic carbocycles. The van der Waals surface area contributed by atoms with Gasteiger partial charge in [-0.2, -0.15) is 0 Å². The van der Waals surface area contributed by atoms with Crippen molar-refractivity contribution in [3.63, 3.8) is 0 Å². The number of benzene rings is 1. The Morgan fingerprint density at radius 3 is 0.853 bits per heavy atom. The van der Waals surface area contributed by atoms with Crippen LogP contribution in [0.4, 0.5) is 0 Å². The molecule has 4 aromatic heterocycles. The third kappa shape index (κ3) is 5.01. The van der Waals surface area contributed by atoms with Gasteiger partial charge in [0.25, 0.3) is 0 Å². The van der Waals surface area contributed by atoms with Gasteiger partial charge in [0.15, 0.2) is 0 Å². The van der Waals surface area contributed by atoms with E-state index in [9.17, 15) is 0 Å². The van der Waals surface area contributed by atoms with E-state index < -0.39 is 0 Å². The topological polar surface area (TPSA) is 35.2 Å². The summed E-state index contributed by atoms with van der Waals surface area (Å²) < 4.78 is 17.4. The van der Waals surface area contributed by atoms with Crippen LogP contribution < -0.4 is 18.3 Å². The molecule has 8 heteroatoms. The number of imidazole rings is 4. The maximum Gasteiger partial charge on any atom is 0.243 e. The molecule has 0 spiro atoms. The molecule has 0 bridgehead atoms. The van der Waals surface area contributed by atoms with Crippen molar-refractivity contribution in [2.24, 2.45) is 28.2 Å². The Kier molecular flexibility index (Phi) is 5.88. The molecule has 5 aromatic rings. The predicted octanol–water partition coefficient (Wildman–Crippen LogP) is 0.384. The van der Waals surface area contributed by atoms with E-state index in [1.54, 1.807) is 0 Å². The minimum atomic E-state index is 0.842. The van der Waals surface area contributed by atoms with Crippen molar-refractivity contribution in [1.82, 2.24) is 18.3 Å². The Hall–Kier alpha value is -3.94. The molecule has 0 amide bonds. The van der Waals surface area contributed by atoms with Gasteiger partial charge in [-0.1, -0.05) is 0 Å². The van der Waals surface area contributed by atoms with E-state index in [0.717, 1.165) is 26.2 Å². The van der Waals surface area contributed by atoms with Gasteiger partial charge >= 0.3 is 0 Å². The maximum absolute atomic E-state index is 2.41. The van der Waals surface area contributed by atoms with Crippen LogP contribution in [0.25, 0.3) is 0 Å². The lowest BCUT2D eigenvalue weighted by Gasteiger charge is -2.14. The van der Waals surface area contributed by atoms with Crippen LogP contribution in [0.3, 0.4) is 0 Å². The number of nitrogens with zero attached hydrogens (tertiary/aromatic N) is 8. The van der Waals surface area contributed by atoms with Gasteiger partial charge in [-0.3, -0.25) is 0 Å². The lowest BCUT2D eigenvalue weighted by atomic mass is 9.97. The summed E-state index contributed by atoms with van der Waals surface area (Å²) in [6, 6.07) is 4.83. The van der Waals surface area contributed by atoms with Crippen molar-refractivity contribution < 1.29 is 18.3 Å². The molecule has 174 valence electrons. The molecule has 34 heavy (non-hydrogen) atoms. The Morgan fingerprint density at radius 1 is 0.441 bits per heavy atom. The average molecular weight is 459 g/mol. The van der Waals surface area contributed by atoms with Crippen molar-refractivity contribution in [2.45, 2.75) is 26.2 Å². The Labute approximate surface area is 200 Å². The summed E-state index contributed by atoms with van der Waals surface area (Å²) in [5, 5.41) is 0. The smallest absolute Gasteiger partial charge is 0.240 e. The number of aryl methyl sites for hydroxylation is 4. The van der Waals surface area contributed by atoms with Gasteiger partial charge in [-0.25, -0.2) is 36.5 Å². The van der Waals surface area contributed by atoms with E-state index in [0.29, 0.717) is 0 Å². The second-order valence-corrected chi connectivity index (χ2v) is 9.40. The van der Waals surface area contributed by atoms with Crippen molar-refractivity contribution in [2.75, 3.05) is 0 Å². The van der Waals surface area contributed by atoms with Crippen LogP contribution in [0.1, 0.15) is 22.3 Å². The molecule has 0 saturated heterocycles. The lowest BCUT2D eigenvalue weighted by Crippen LogP contribution is -2.24. The zero-order valence-electron chi connectivity index (χ0n) is 20.5. The number of hydrogen-bond donors (Lipinski definition) is 0. The summed E-state index contributed by atoms with van der Waals surface area (Å²) in [4.78, 5) is 0. The van der Waals surface area contributed by atoms with E-state index >= 15 is 0 Å². The van der Waals surface area contributed by atoms with Gasteiger partial charge in [0.2, 0.25) is 25.3 Å². The molecule has 0 aliphatic rings. The van der Waals surface area contributed by atoms with Crippen LogP contribution in [0, 0.1) is 0 Å². The summed E-state index contributed by atoms with van der Waals surface area (Å²) in [5.74, 6) is 0. The van der Waals surface area contributed by atoms with Crippen LogP contribution in [-0.4, -0.2) is 18.3 Å². The predicted molar refractivity (Wildman–Crippen MR) is 125 cm³/mol. The highest BCUT2D eigenvalue weighted by Gasteiger charge is 2.18. The number of aromatic nitrogens is 8. The Bertz CT molecular complexity index is 1200. The number of hydrogen-bond acceptors (Lipinski definition) is 0. The summed E-state index contributed by atoms with van der Waals surface area (Å²) in [5.41, 5.74) is 5.39. The second-order valence-electron chi connectivity index (χ2n) is 9.40. The molecular weight excluding hydrogens is 424 g/mol. The van der Waals surface area contributed by atoms with Crippen LogP contribution in [0.15, 0.2) is 87.0 Å². The van der Waals surface area contributed by atoms with E-state index in [1.165, 1.54) is 22.3 Å². The molecule has 8 nitrogen and oxygen atoms in total. The Balaban J connectivity index is 1.58. The average Bonchev–Trinajstić information content (AvgIpc) is 3.57. The standard InChI is InChI=1S/C26H34N8/c1-27-5-9-31(19-27)15-23-13-25(17-33-11-7-29(3)21-33)26(18-34-12-8-30(4)22-34)14-24(23)16-32-10-6-28(2)20-32/h5-14,19-22H,15-18H2,1-4H3/q+4. The fraction of sp³-hybridized carbons (Fsp3) is 0.308. The van der Waals surface area contributed by atoms with E-state index in [-0.39, 0.29) is 0 Å². The fourth-order valence-electron chi connectivity index (χ4n) is 4.55. The van der Waals surface area contributed by atoms with Crippen LogP contribution in [-0.2, 0) is 54.4 Å². The van der Waals surface area contributed by atoms with Gasteiger partial charge in [0.05, 0.1) is 28.2 Å². The first-order valence-corrected chi connectivity index (χ1v) is 11.6. The molecular formula is C26H34N8+4. The van der Waals surface area contributed by atoms with Crippen LogP contribution >= 0.6 is 0 Å². The van der Waals surface area contributed by atoms with Crippen LogP contribution in [0.5, 0.6) is 0 Å². The first-order valence-electron chi connectivity index (χ1n) is 11.6. The molecule has 0 atom stereocenters. The molecule has 0 aliphatic heterocycles. The van der Waals surface area contributed by atoms with Crippen molar-refractivity contribution >= 4 is 0 Å². The molecule has 0 radical (unpaired) electrons. The first-order chi connectivity index (χ1) is 16.4. The molecule has 4 heterocycles. The molecule has 0 unspecified atom stereocenters. The monoisotopic (exact) mass is 458 g/mol. The largest absolute Gasteiger partial charge is 0.243 e. The normalized spacial score (nSPS) is 11.4. The van der Waals surface area contributed by atoms with E-state index in [2.05, 4.69) is 152 Å². The summed E-state index contributed by atoms with van der Waals surface area (Å²) in [7, 11) is 8.26. The molecule has 0 N–H and O–H groups in total. The highest BCUT2D eigenvalue weighted by atomic mass is 15.1. The van der Waals surface area contributed by atoms with Crippen LogP contribution in [0.2, 0.25) is 0 Å². The number of rotatable bonds is 8. The first kappa shape index (κ1) is 21.9. The molecule has 1 aromatic carbocycles. The zero-order valence-corrected chi connectivity index (χ0v) is 20.5. The summed E-state index contributed by atoms with van der Waals surface area (Å²) >= 11 is 0. The quantitative estimate of drug-likeness (QED) is 0.302. The summed E-state index contributed by atoms with van der Waals surface area (Å²) in [6.45, 7) is 3.37. The van der Waals surface area contributed by atoms with E-state index in [4.69, 9.17) is 0 Å². The lowest BCUT2D eigenvalue weighted by molar-refractivity contribution is -0.671. The fourth-order valence-corrected chi connectivity index (χ4v) is 4.55. The highest BCUT2D eigenvalue weighted by Crippen LogP contribution is 2.22. The van der Waals surface area contributed by atoms with Gasteiger partial charge < -0.3 is 0 Å². The zero-order chi connectivity index (χ0) is 23.7. The van der Waals surface area contributed by atoms with E-state index in [1.807, 2.05) is 0 Å². The third-order valence-corrected chi connectivity index (χ3v) is 6.23. The van der Waals surface area contributed by atoms with Gasteiger partial charge in [0, 0.05) is 22.3 Å². The molecule has 0 saturated carbocycles. The summed E-state index contributed by atoms with van der Waals surface area (Å²) in [6.07, 6.45) is 25.5. The maximum atomic E-state index is 2.41. The van der Waals surface area contributed by atoms with Crippen molar-refractivity contribution in [1.29, 1.82) is 0 Å². The third-order valence-electron chi connectivity index (χ3n) is 6.23. The minimum absolute atomic E-state index is 0.842. The van der Waals surface area contributed by atoms with Gasteiger partial charge in [-0.05, 0) is 12.1 Å². The SMILES string of the molecule is C[n+]1ccn(Cc2cc(Cn3cc[n+](C)c3)c(Cn3cc[n+](C)c3)cc2Cn2cc[n+](C)c2)c1. The van der Waals surface area contributed by atoms with Gasteiger partial charge in [-0.15, -0.1) is 0 Å². The van der Waals surface area contributed by atoms with Crippen molar-refractivity contribution in [3.8, 4) is 0 Å². The highest BCUT2D eigenvalue weighted by molar-refractivity contribution is 5.39. The molecule has 0 fully saturated rings. The van der Waals surface area contributed by atoms with Crippen molar-refractivity contribution in [3.05, 3.63) is 109 Å². The van der Waals surface area contributed by atoms with Gasteiger partial charge in [0.1, 0.15) is 75.8 Å². The molecule has 5 rings (SSSR count). The Morgan fingerprint density at radius 2 is 0.676 bits per heavy atom.